The summed E-state index contributed by atoms with van der Waals surface area (Å²) >= 11 is 0. The van der Waals surface area contributed by atoms with E-state index in [1.165, 1.54) is 0 Å². The molecular weight excluding hydrogens is 414 g/mol. The highest BCUT2D eigenvalue weighted by Crippen LogP contribution is 2.16. The molecule has 1 heterocycles. The standard InChI is InChI=1S/C23H29N3O4S/c1-17-8-9-21(18(2)14-17)31(29,30)25-11-10-22(27)24-16-19-6-5-7-20(15-19)23(28)26-12-3-4-13-26/h5-9,14-15,25H,3-4,10-13,16H2,1-2H3,(H,24,27). The summed E-state index contributed by atoms with van der Waals surface area (Å²) in [7, 11) is -3.67. The SMILES string of the molecule is Cc1ccc(S(=O)(=O)NCCC(=O)NCc2cccc(C(=O)N3CCCC3)c2)c(C)c1. The van der Waals surface area contributed by atoms with Crippen LogP contribution in [-0.4, -0.2) is 44.8 Å². The summed E-state index contributed by atoms with van der Waals surface area (Å²) < 4.78 is 27.4. The van der Waals surface area contributed by atoms with E-state index in [9.17, 15) is 18.0 Å². The third kappa shape index (κ3) is 6.15. The first-order valence-electron chi connectivity index (χ1n) is 10.5. The number of benzene rings is 2. The van der Waals surface area contributed by atoms with Gasteiger partial charge in [-0.15, -0.1) is 0 Å². The first kappa shape index (κ1) is 23.0. The van der Waals surface area contributed by atoms with E-state index >= 15 is 0 Å². The number of rotatable bonds is 8. The highest BCUT2D eigenvalue weighted by atomic mass is 32.2. The smallest absolute Gasteiger partial charge is 0.253 e. The van der Waals surface area contributed by atoms with Crippen LogP contribution < -0.4 is 10.0 Å². The van der Waals surface area contributed by atoms with E-state index in [0.29, 0.717) is 11.1 Å². The number of aryl methyl sites for hydroxylation is 2. The highest BCUT2D eigenvalue weighted by Gasteiger charge is 2.20. The normalized spacial score (nSPS) is 13.9. The van der Waals surface area contributed by atoms with Crippen LogP contribution in [0.1, 0.15) is 46.3 Å². The van der Waals surface area contributed by atoms with E-state index in [1.807, 2.05) is 30.0 Å². The second-order valence-electron chi connectivity index (χ2n) is 7.89. The van der Waals surface area contributed by atoms with Crippen molar-refractivity contribution >= 4 is 21.8 Å². The average molecular weight is 444 g/mol. The molecule has 2 N–H and O–H groups in total. The summed E-state index contributed by atoms with van der Waals surface area (Å²) in [6, 6.07) is 12.4. The molecule has 1 aliphatic heterocycles. The van der Waals surface area contributed by atoms with Gasteiger partial charge in [0.15, 0.2) is 0 Å². The quantitative estimate of drug-likeness (QED) is 0.655. The number of amides is 2. The Morgan fingerprint density at radius 3 is 2.48 bits per heavy atom. The Labute approximate surface area is 183 Å². The predicted octanol–water partition coefficient (Wildman–Crippen LogP) is 2.52. The lowest BCUT2D eigenvalue weighted by atomic mass is 10.1. The van der Waals surface area contributed by atoms with Crippen LogP contribution in [0.15, 0.2) is 47.4 Å². The lowest BCUT2D eigenvalue weighted by Crippen LogP contribution is -2.31. The van der Waals surface area contributed by atoms with Crippen LogP contribution in [0, 0.1) is 13.8 Å². The van der Waals surface area contributed by atoms with Crippen molar-refractivity contribution in [3.63, 3.8) is 0 Å². The van der Waals surface area contributed by atoms with Crippen LogP contribution >= 0.6 is 0 Å². The van der Waals surface area contributed by atoms with E-state index in [1.54, 1.807) is 31.2 Å². The van der Waals surface area contributed by atoms with E-state index in [-0.39, 0.29) is 36.2 Å². The molecule has 0 unspecified atom stereocenters. The van der Waals surface area contributed by atoms with Crippen LogP contribution in [0.5, 0.6) is 0 Å². The number of carbonyl (C=O) groups is 2. The lowest BCUT2D eigenvalue weighted by molar-refractivity contribution is -0.121. The van der Waals surface area contributed by atoms with Crippen molar-refractivity contribution in [1.29, 1.82) is 0 Å². The zero-order valence-corrected chi connectivity index (χ0v) is 18.8. The Kier molecular flexibility index (Phi) is 7.46. The maximum Gasteiger partial charge on any atom is 0.253 e. The molecule has 7 nitrogen and oxygen atoms in total. The Morgan fingerprint density at radius 2 is 1.77 bits per heavy atom. The molecule has 1 aliphatic rings. The first-order valence-corrected chi connectivity index (χ1v) is 12.0. The largest absolute Gasteiger partial charge is 0.352 e. The summed E-state index contributed by atoms with van der Waals surface area (Å²) in [4.78, 5) is 26.7. The average Bonchev–Trinajstić information content (AvgIpc) is 3.26. The van der Waals surface area contributed by atoms with Gasteiger partial charge >= 0.3 is 0 Å². The van der Waals surface area contributed by atoms with Gasteiger partial charge in [0.2, 0.25) is 15.9 Å². The van der Waals surface area contributed by atoms with Gasteiger partial charge in [-0.25, -0.2) is 13.1 Å². The molecule has 0 bridgehead atoms. The molecule has 8 heteroatoms. The molecule has 0 radical (unpaired) electrons. The third-order valence-electron chi connectivity index (χ3n) is 5.32. The molecule has 0 saturated carbocycles. The summed E-state index contributed by atoms with van der Waals surface area (Å²) in [5, 5.41) is 2.78. The molecule has 166 valence electrons. The van der Waals surface area contributed by atoms with Crippen LogP contribution in [-0.2, 0) is 21.4 Å². The highest BCUT2D eigenvalue weighted by molar-refractivity contribution is 7.89. The Morgan fingerprint density at radius 1 is 1.03 bits per heavy atom. The van der Waals surface area contributed by atoms with Crippen molar-refractivity contribution < 1.29 is 18.0 Å². The number of hydrogen-bond acceptors (Lipinski definition) is 4. The van der Waals surface area contributed by atoms with Gasteiger partial charge < -0.3 is 10.2 Å². The third-order valence-corrected chi connectivity index (χ3v) is 6.94. The van der Waals surface area contributed by atoms with Crippen molar-refractivity contribution in [2.45, 2.75) is 44.6 Å². The molecule has 0 aromatic heterocycles. The van der Waals surface area contributed by atoms with Crippen molar-refractivity contribution in [1.82, 2.24) is 14.9 Å². The van der Waals surface area contributed by atoms with Gasteiger partial charge in [0.25, 0.3) is 5.91 Å². The minimum atomic E-state index is -3.67. The van der Waals surface area contributed by atoms with Crippen molar-refractivity contribution in [2.24, 2.45) is 0 Å². The van der Waals surface area contributed by atoms with Gasteiger partial charge in [0, 0.05) is 38.2 Å². The van der Waals surface area contributed by atoms with Gasteiger partial charge in [0.05, 0.1) is 4.90 Å². The maximum atomic E-state index is 12.5. The Bertz CT molecular complexity index is 1060. The number of nitrogens with zero attached hydrogens (tertiary/aromatic N) is 1. The first-order chi connectivity index (χ1) is 14.8. The van der Waals surface area contributed by atoms with Gasteiger partial charge in [-0.3, -0.25) is 9.59 Å². The zero-order valence-electron chi connectivity index (χ0n) is 18.0. The number of carbonyl (C=O) groups excluding carboxylic acids is 2. The van der Waals surface area contributed by atoms with Crippen molar-refractivity contribution in [3.05, 3.63) is 64.7 Å². The molecule has 3 rings (SSSR count). The minimum Gasteiger partial charge on any atom is -0.352 e. The van der Waals surface area contributed by atoms with Gasteiger partial charge in [-0.05, 0) is 56.0 Å². The van der Waals surface area contributed by atoms with E-state index < -0.39 is 10.0 Å². The number of sulfonamides is 1. The molecule has 1 fully saturated rings. The summed E-state index contributed by atoms with van der Waals surface area (Å²) in [5.74, 6) is -0.244. The molecular formula is C23H29N3O4S. The zero-order chi connectivity index (χ0) is 22.4. The van der Waals surface area contributed by atoms with Gasteiger partial charge in [-0.2, -0.15) is 0 Å². The second-order valence-corrected chi connectivity index (χ2v) is 9.63. The Hall–Kier alpha value is -2.71. The van der Waals surface area contributed by atoms with Crippen molar-refractivity contribution in [3.8, 4) is 0 Å². The summed E-state index contributed by atoms with van der Waals surface area (Å²) in [6.45, 7) is 5.52. The number of likely N-dealkylation sites (tertiary alicyclic amines) is 1. The minimum absolute atomic E-state index is 0.00890. The molecule has 31 heavy (non-hydrogen) atoms. The van der Waals surface area contributed by atoms with E-state index in [0.717, 1.165) is 37.1 Å². The molecule has 1 saturated heterocycles. The fourth-order valence-corrected chi connectivity index (χ4v) is 4.94. The van der Waals surface area contributed by atoms with Gasteiger partial charge in [0.1, 0.15) is 0 Å². The number of hydrogen-bond donors (Lipinski definition) is 2. The molecule has 0 atom stereocenters. The van der Waals surface area contributed by atoms with E-state index in [4.69, 9.17) is 0 Å². The maximum absolute atomic E-state index is 12.5. The van der Waals surface area contributed by atoms with E-state index in [2.05, 4.69) is 10.0 Å². The summed E-state index contributed by atoms with van der Waals surface area (Å²) in [6.07, 6.45) is 2.10. The fourth-order valence-electron chi connectivity index (χ4n) is 3.68. The monoisotopic (exact) mass is 443 g/mol. The second kappa shape index (κ2) is 10.1. The topological polar surface area (TPSA) is 95.6 Å². The molecule has 2 amide bonds. The summed E-state index contributed by atoms with van der Waals surface area (Å²) in [5.41, 5.74) is 3.10. The molecule has 2 aromatic rings. The predicted molar refractivity (Wildman–Crippen MR) is 119 cm³/mol. The number of nitrogens with one attached hydrogen (secondary N) is 2. The van der Waals surface area contributed by atoms with Crippen LogP contribution in [0.25, 0.3) is 0 Å². The van der Waals surface area contributed by atoms with Crippen molar-refractivity contribution in [2.75, 3.05) is 19.6 Å². The lowest BCUT2D eigenvalue weighted by Gasteiger charge is -2.15. The fraction of sp³-hybridized carbons (Fsp3) is 0.391. The van der Waals surface area contributed by atoms with Crippen LogP contribution in [0.4, 0.5) is 0 Å². The van der Waals surface area contributed by atoms with Crippen LogP contribution in [0.2, 0.25) is 0 Å². The molecule has 0 spiro atoms. The van der Waals surface area contributed by atoms with Crippen LogP contribution in [0.3, 0.4) is 0 Å². The Balaban J connectivity index is 1.48. The van der Waals surface area contributed by atoms with Gasteiger partial charge in [-0.1, -0.05) is 29.8 Å². The molecule has 2 aromatic carbocycles. The molecule has 0 aliphatic carbocycles.